The molecule has 0 atom stereocenters. The normalized spacial score (nSPS) is 10.7. The van der Waals surface area contributed by atoms with Gasteiger partial charge in [0, 0.05) is 35.6 Å². The predicted octanol–water partition coefficient (Wildman–Crippen LogP) is 3.69. The summed E-state index contributed by atoms with van der Waals surface area (Å²) in [6, 6.07) is 11.9. The number of hydrogen-bond acceptors (Lipinski definition) is 4. The smallest absolute Gasteiger partial charge is 0.339 e. The fraction of sp³-hybridized carbons (Fsp3) is 0.118. The molecule has 1 aromatic carbocycles. The summed E-state index contributed by atoms with van der Waals surface area (Å²) in [5.74, 6) is -0.361. The maximum absolute atomic E-state index is 11.8. The van der Waals surface area contributed by atoms with Gasteiger partial charge >= 0.3 is 5.97 Å². The maximum atomic E-state index is 11.8. The summed E-state index contributed by atoms with van der Waals surface area (Å²) in [5.41, 5.74) is 3.25. The lowest BCUT2D eigenvalue weighted by atomic mass is 10.1. The number of rotatable bonds is 4. The van der Waals surface area contributed by atoms with Crippen LogP contribution < -0.4 is 0 Å². The van der Waals surface area contributed by atoms with E-state index in [1.807, 2.05) is 22.7 Å². The van der Waals surface area contributed by atoms with E-state index in [0.717, 1.165) is 16.6 Å². The van der Waals surface area contributed by atoms with Crippen molar-refractivity contribution < 1.29 is 14.5 Å². The van der Waals surface area contributed by atoms with Gasteiger partial charge in [0.05, 0.1) is 17.1 Å². The van der Waals surface area contributed by atoms with Gasteiger partial charge < -0.3 is 9.14 Å². The van der Waals surface area contributed by atoms with E-state index in [4.69, 9.17) is 4.74 Å². The summed E-state index contributed by atoms with van der Waals surface area (Å²) in [4.78, 5) is 22.0. The first-order valence-electron chi connectivity index (χ1n) is 7.12. The standard InChI is InChI=1S/C17H14N2O4/c1-2-23-17(20)13-5-8-16-9-14(11-18(16)10-13)12-3-6-15(7-4-12)19(21)22/h3-11H,2H2,1H3. The number of fused-ring (bicyclic) bond motifs is 1. The number of esters is 1. The van der Waals surface area contributed by atoms with E-state index in [9.17, 15) is 14.9 Å². The second kappa shape index (κ2) is 5.92. The van der Waals surface area contributed by atoms with Crippen LogP contribution in [0.4, 0.5) is 5.69 Å². The fourth-order valence-corrected chi connectivity index (χ4v) is 2.38. The van der Waals surface area contributed by atoms with E-state index in [-0.39, 0.29) is 11.7 Å². The summed E-state index contributed by atoms with van der Waals surface area (Å²) in [7, 11) is 0. The monoisotopic (exact) mass is 310 g/mol. The average molecular weight is 310 g/mol. The molecule has 0 aliphatic carbocycles. The van der Waals surface area contributed by atoms with Gasteiger partial charge in [-0.2, -0.15) is 0 Å². The molecule has 6 nitrogen and oxygen atoms in total. The molecule has 2 aromatic heterocycles. The molecule has 0 aliphatic heterocycles. The molecule has 0 fully saturated rings. The van der Waals surface area contributed by atoms with Gasteiger partial charge in [-0.15, -0.1) is 0 Å². The van der Waals surface area contributed by atoms with Crippen LogP contribution in [-0.2, 0) is 4.74 Å². The van der Waals surface area contributed by atoms with Crippen LogP contribution in [0.1, 0.15) is 17.3 Å². The van der Waals surface area contributed by atoms with Gasteiger partial charge in [-0.25, -0.2) is 4.79 Å². The van der Waals surface area contributed by atoms with Crippen LogP contribution in [0.3, 0.4) is 0 Å². The molecular weight excluding hydrogens is 296 g/mol. The van der Waals surface area contributed by atoms with Gasteiger partial charge in [0.1, 0.15) is 0 Å². The third-order valence-corrected chi connectivity index (χ3v) is 3.51. The lowest BCUT2D eigenvalue weighted by Crippen LogP contribution is -2.05. The molecule has 0 saturated carbocycles. The molecule has 0 saturated heterocycles. The number of ether oxygens (including phenoxy) is 1. The Morgan fingerprint density at radius 2 is 1.87 bits per heavy atom. The molecule has 0 aliphatic rings. The third kappa shape index (κ3) is 2.91. The van der Waals surface area contributed by atoms with E-state index in [0.29, 0.717) is 12.2 Å². The largest absolute Gasteiger partial charge is 0.462 e. The van der Waals surface area contributed by atoms with E-state index < -0.39 is 4.92 Å². The van der Waals surface area contributed by atoms with Crippen molar-refractivity contribution in [3.8, 4) is 11.1 Å². The van der Waals surface area contributed by atoms with Crippen LogP contribution in [0.15, 0.2) is 54.9 Å². The maximum Gasteiger partial charge on any atom is 0.339 e. The first-order valence-corrected chi connectivity index (χ1v) is 7.12. The second-order valence-electron chi connectivity index (χ2n) is 5.00. The highest BCUT2D eigenvalue weighted by molar-refractivity contribution is 5.89. The number of pyridine rings is 1. The zero-order chi connectivity index (χ0) is 16.4. The van der Waals surface area contributed by atoms with Crippen LogP contribution in [0, 0.1) is 10.1 Å². The highest BCUT2D eigenvalue weighted by Crippen LogP contribution is 2.25. The number of carbonyl (C=O) groups is 1. The minimum atomic E-state index is -0.425. The minimum Gasteiger partial charge on any atom is -0.462 e. The van der Waals surface area contributed by atoms with Crippen molar-refractivity contribution in [1.29, 1.82) is 0 Å². The lowest BCUT2D eigenvalue weighted by molar-refractivity contribution is -0.384. The fourth-order valence-electron chi connectivity index (χ4n) is 2.38. The molecule has 0 N–H and O–H groups in total. The van der Waals surface area contributed by atoms with E-state index >= 15 is 0 Å². The number of hydrogen-bond donors (Lipinski definition) is 0. The first-order chi connectivity index (χ1) is 11.1. The first kappa shape index (κ1) is 14.8. The number of carbonyl (C=O) groups excluding carboxylic acids is 1. The summed E-state index contributed by atoms with van der Waals surface area (Å²) in [6.45, 7) is 2.09. The van der Waals surface area contributed by atoms with Crippen LogP contribution in [0.5, 0.6) is 0 Å². The molecule has 0 radical (unpaired) electrons. The molecule has 6 heteroatoms. The van der Waals surface area contributed by atoms with Gasteiger partial charge in [0.2, 0.25) is 0 Å². The Bertz CT molecular complexity index is 881. The molecule has 0 amide bonds. The summed E-state index contributed by atoms with van der Waals surface area (Å²) >= 11 is 0. The highest BCUT2D eigenvalue weighted by atomic mass is 16.6. The number of aromatic nitrogens is 1. The highest BCUT2D eigenvalue weighted by Gasteiger charge is 2.10. The SMILES string of the molecule is CCOC(=O)c1ccc2cc(-c3ccc([N+](=O)[O-])cc3)cn2c1. The molecule has 116 valence electrons. The number of non-ortho nitro benzene ring substituents is 1. The van der Waals surface area contributed by atoms with Crippen LogP contribution >= 0.6 is 0 Å². The molecule has 2 heterocycles. The van der Waals surface area contributed by atoms with Gasteiger partial charge in [0.25, 0.3) is 5.69 Å². The van der Waals surface area contributed by atoms with Gasteiger partial charge in [-0.05, 0) is 42.8 Å². The number of nitrogens with zero attached hydrogens (tertiary/aromatic N) is 2. The average Bonchev–Trinajstić information content (AvgIpc) is 2.98. The van der Waals surface area contributed by atoms with Crippen molar-refractivity contribution in [2.45, 2.75) is 6.92 Å². The molecule has 0 spiro atoms. The Kier molecular flexibility index (Phi) is 3.80. The zero-order valence-electron chi connectivity index (χ0n) is 12.4. The Morgan fingerprint density at radius 3 is 2.52 bits per heavy atom. The van der Waals surface area contributed by atoms with Crippen LogP contribution in [0.2, 0.25) is 0 Å². The molecule has 3 rings (SSSR count). The van der Waals surface area contributed by atoms with Crippen LogP contribution in [0.25, 0.3) is 16.6 Å². The lowest BCUT2D eigenvalue weighted by Gasteiger charge is -2.02. The predicted molar refractivity (Wildman–Crippen MR) is 85.4 cm³/mol. The second-order valence-corrected chi connectivity index (χ2v) is 5.00. The number of benzene rings is 1. The Labute approximate surface area is 132 Å². The van der Waals surface area contributed by atoms with Crippen molar-refractivity contribution in [3.63, 3.8) is 0 Å². The number of nitro groups is 1. The van der Waals surface area contributed by atoms with E-state index in [1.54, 1.807) is 31.3 Å². The van der Waals surface area contributed by atoms with Crippen molar-refractivity contribution in [1.82, 2.24) is 4.40 Å². The van der Waals surface area contributed by atoms with Crippen molar-refractivity contribution in [3.05, 3.63) is 70.5 Å². The molecular formula is C17H14N2O4. The minimum absolute atomic E-state index is 0.0575. The molecule has 0 unspecified atom stereocenters. The van der Waals surface area contributed by atoms with Crippen molar-refractivity contribution in [2.24, 2.45) is 0 Å². The Hall–Kier alpha value is -3.15. The summed E-state index contributed by atoms with van der Waals surface area (Å²) in [6.07, 6.45) is 3.58. The van der Waals surface area contributed by atoms with Gasteiger partial charge in [-0.3, -0.25) is 10.1 Å². The van der Waals surface area contributed by atoms with E-state index in [2.05, 4.69) is 0 Å². The van der Waals surface area contributed by atoms with Crippen molar-refractivity contribution >= 4 is 17.2 Å². The molecule has 0 bridgehead atoms. The Morgan fingerprint density at radius 1 is 1.13 bits per heavy atom. The Balaban J connectivity index is 1.96. The quantitative estimate of drug-likeness (QED) is 0.418. The van der Waals surface area contributed by atoms with Gasteiger partial charge in [-0.1, -0.05) is 0 Å². The zero-order valence-corrected chi connectivity index (χ0v) is 12.4. The summed E-state index contributed by atoms with van der Waals surface area (Å²) in [5, 5.41) is 10.7. The molecule has 3 aromatic rings. The summed E-state index contributed by atoms with van der Waals surface area (Å²) < 4.78 is 6.82. The van der Waals surface area contributed by atoms with Crippen molar-refractivity contribution in [2.75, 3.05) is 6.61 Å². The molecule has 23 heavy (non-hydrogen) atoms. The van der Waals surface area contributed by atoms with Gasteiger partial charge in [0.15, 0.2) is 0 Å². The number of nitro benzene ring substituents is 1. The van der Waals surface area contributed by atoms with Crippen LogP contribution in [-0.4, -0.2) is 21.9 Å². The third-order valence-electron chi connectivity index (χ3n) is 3.51. The van der Waals surface area contributed by atoms with E-state index in [1.165, 1.54) is 12.1 Å². The topological polar surface area (TPSA) is 73.8 Å².